The molecule has 1 atom stereocenters. The van der Waals surface area contributed by atoms with Crippen LogP contribution in [0.3, 0.4) is 0 Å². The van der Waals surface area contributed by atoms with Crippen molar-refractivity contribution < 1.29 is 28.8 Å². The summed E-state index contributed by atoms with van der Waals surface area (Å²) >= 11 is 0. The van der Waals surface area contributed by atoms with Gasteiger partial charge < -0.3 is 9.57 Å². The molecule has 8 nitrogen and oxygen atoms in total. The Hall–Kier alpha value is -4.46. The minimum atomic E-state index is -0.995. The summed E-state index contributed by atoms with van der Waals surface area (Å²) in [6.07, 6.45) is -0.333. The largest absolute Gasteiger partial charge is 0.448 e. The molecule has 2 heterocycles. The molecule has 3 aliphatic rings. The summed E-state index contributed by atoms with van der Waals surface area (Å²) in [6, 6.07) is 21.4. The Kier molecular flexibility index (Phi) is 5.56. The highest BCUT2D eigenvalue weighted by molar-refractivity contribution is 6.21. The van der Waals surface area contributed by atoms with Crippen molar-refractivity contribution in [1.82, 2.24) is 9.96 Å². The number of nitrogens with zero attached hydrogens (tertiary/aromatic N) is 2. The molecule has 1 fully saturated rings. The fraction of sp³-hybridized carbons (Fsp3) is 0.267. The second kappa shape index (κ2) is 8.83. The third-order valence-corrected chi connectivity index (χ3v) is 7.50. The third kappa shape index (κ3) is 3.84. The first kappa shape index (κ1) is 23.9. The van der Waals surface area contributed by atoms with E-state index in [0.29, 0.717) is 11.5 Å². The van der Waals surface area contributed by atoms with Crippen LogP contribution < -0.4 is 0 Å². The first-order valence-electron chi connectivity index (χ1n) is 12.6. The number of carbonyl (C=O) groups excluding carboxylic acids is 4. The van der Waals surface area contributed by atoms with Crippen molar-refractivity contribution in [3.8, 4) is 11.1 Å². The number of hydroxylamine groups is 2. The molecule has 0 saturated carbocycles. The maximum Gasteiger partial charge on any atom is 0.410 e. The zero-order valence-electron chi connectivity index (χ0n) is 21.0. The van der Waals surface area contributed by atoms with Crippen LogP contribution in [-0.4, -0.2) is 53.0 Å². The van der Waals surface area contributed by atoms with Gasteiger partial charge in [0.05, 0.1) is 11.1 Å². The van der Waals surface area contributed by atoms with Crippen molar-refractivity contribution in [3.63, 3.8) is 0 Å². The molecule has 0 unspecified atom stereocenters. The number of hydrogen-bond donors (Lipinski definition) is 0. The fourth-order valence-corrected chi connectivity index (χ4v) is 5.75. The van der Waals surface area contributed by atoms with Gasteiger partial charge in [0, 0.05) is 12.5 Å². The SMILES string of the molecule is CC1(C)C[C@@H](C(=O)ON2C(=O)c3ccccc3C2=O)N(C(=O)OCC2c3ccccc3-c3ccccc32)C1. The lowest BCUT2D eigenvalue weighted by molar-refractivity contribution is -0.173. The van der Waals surface area contributed by atoms with E-state index in [1.54, 1.807) is 12.1 Å². The molecule has 0 radical (unpaired) electrons. The van der Waals surface area contributed by atoms with Crippen LogP contribution in [0.25, 0.3) is 11.1 Å². The van der Waals surface area contributed by atoms with Crippen molar-refractivity contribution in [1.29, 1.82) is 0 Å². The molecule has 1 saturated heterocycles. The Bertz CT molecular complexity index is 1410. The normalized spacial score (nSPS) is 19.3. The Morgan fingerprint density at radius 1 is 0.816 bits per heavy atom. The zero-order chi connectivity index (χ0) is 26.6. The van der Waals surface area contributed by atoms with Gasteiger partial charge in [-0.3, -0.25) is 14.5 Å². The summed E-state index contributed by atoms with van der Waals surface area (Å²) in [5, 5.41) is 0.480. The van der Waals surface area contributed by atoms with Gasteiger partial charge in [-0.25, -0.2) is 9.59 Å². The zero-order valence-corrected chi connectivity index (χ0v) is 21.0. The molecule has 1 aliphatic carbocycles. The molecule has 3 aromatic carbocycles. The number of imide groups is 1. The third-order valence-electron chi connectivity index (χ3n) is 7.50. The average molecular weight is 511 g/mol. The quantitative estimate of drug-likeness (QED) is 0.469. The van der Waals surface area contributed by atoms with Crippen molar-refractivity contribution in [2.45, 2.75) is 32.2 Å². The van der Waals surface area contributed by atoms with Gasteiger partial charge in [0.25, 0.3) is 11.8 Å². The Morgan fingerprint density at radius 2 is 1.32 bits per heavy atom. The number of hydrogen-bond acceptors (Lipinski definition) is 6. The maximum atomic E-state index is 13.3. The Morgan fingerprint density at radius 3 is 1.87 bits per heavy atom. The second-order valence-corrected chi connectivity index (χ2v) is 10.7. The van der Waals surface area contributed by atoms with E-state index < -0.39 is 35.3 Å². The molecule has 0 aromatic heterocycles. The van der Waals surface area contributed by atoms with Crippen LogP contribution in [0.4, 0.5) is 4.79 Å². The smallest absolute Gasteiger partial charge is 0.410 e. The molecule has 38 heavy (non-hydrogen) atoms. The van der Waals surface area contributed by atoms with E-state index in [1.165, 1.54) is 17.0 Å². The van der Waals surface area contributed by atoms with E-state index in [-0.39, 0.29) is 30.2 Å². The lowest BCUT2D eigenvalue weighted by Crippen LogP contribution is -2.45. The van der Waals surface area contributed by atoms with Crippen LogP contribution in [-0.2, 0) is 14.4 Å². The van der Waals surface area contributed by atoms with Gasteiger partial charge in [-0.2, -0.15) is 0 Å². The Balaban J connectivity index is 1.18. The predicted octanol–water partition coefficient (Wildman–Crippen LogP) is 4.79. The van der Waals surface area contributed by atoms with Crippen LogP contribution in [0, 0.1) is 5.41 Å². The van der Waals surface area contributed by atoms with Gasteiger partial charge in [-0.1, -0.05) is 79.6 Å². The Labute approximate surface area is 219 Å². The molecule has 0 N–H and O–H groups in total. The predicted molar refractivity (Wildman–Crippen MR) is 137 cm³/mol. The van der Waals surface area contributed by atoms with Crippen LogP contribution in [0.1, 0.15) is 58.0 Å². The van der Waals surface area contributed by atoms with E-state index in [1.807, 2.05) is 50.2 Å². The minimum absolute atomic E-state index is 0.115. The number of rotatable bonds is 4. The van der Waals surface area contributed by atoms with E-state index >= 15 is 0 Å². The first-order chi connectivity index (χ1) is 18.2. The van der Waals surface area contributed by atoms with E-state index in [0.717, 1.165) is 22.3 Å². The summed E-state index contributed by atoms with van der Waals surface area (Å²) < 4.78 is 5.79. The van der Waals surface area contributed by atoms with Crippen molar-refractivity contribution in [3.05, 3.63) is 95.1 Å². The highest BCUT2D eigenvalue weighted by atomic mass is 16.7. The summed E-state index contributed by atoms with van der Waals surface area (Å²) in [6.45, 7) is 4.26. The van der Waals surface area contributed by atoms with E-state index in [4.69, 9.17) is 9.57 Å². The highest BCUT2D eigenvalue weighted by Crippen LogP contribution is 2.45. The molecule has 0 bridgehead atoms. The molecule has 3 amide bonds. The van der Waals surface area contributed by atoms with Crippen LogP contribution >= 0.6 is 0 Å². The minimum Gasteiger partial charge on any atom is -0.448 e. The molecule has 2 aliphatic heterocycles. The monoisotopic (exact) mass is 510 g/mol. The number of benzene rings is 3. The number of amides is 3. The van der Waals surface area contributed by atoms with Crippen LogP contribution in [0.5, 0.6) is 0 Å². The number of likely N-dealkylation sites (tertiary alicyclic amines) is 1. The highest BCUT2D eigenvalue weighted by Gasteiger charge is 2.48. The van der Waals surface area contributed by atoms with Gasteiger partial charge >= 0.3 is 12.1 Å². The molecule has 3 aromatic rings. The molecule has 0 spiro atoms. The van der Waals surface area contributed by atoms with Gasteiger partial charge in [-0.05, 0) is 46.2 Å². The maximum absolute atomic E-state index is 13.3. The number of ether oxygens (including phenoxy) is 1. The van der Waals surface area contributed by atoms with E-state index in [9.17, 15) is 19.2 Å². The summed E-state index contributed by atoms with van der Waals surface area (Å²) in [5.74, 6) is -2.38. The lowest BCUT2D eigenvalue weighted by Gasteiger charge is -2.25. The fourth-order valence-electron chi connectivity index (χ4n) is 5.75. The molecule has 192 valence electrons. The lowest BCUT2D eigenvalue weighted by atomic mass is 9.91. The molecular formula is C30H26N2O6. The van der Waals surface area contributed by atoms with Crippen LogP contribution in [0.2, 0.25) is 0 Å². The average Bonchev–Trinajstić information content (AvgIpc) is 3.51. The van der Waals surface area contributed by atoms with Gasteiger partial charge in [0.2, 0.25) is 0 Å². The van der Waals surface area contributed by atoms with Gasteiger partial charge in [0.1, 0.15) is 12.6 Å². The number of fused-ring (bicyclic) bond motifs is 4. The topological polar surface area (TPSA) is 93.2 Å². The molecule has 6 rings (SSSR count). The van der Waals surface area contributed by atoms with Gasteiger partial charge in [0.15, 0.2) is 0 Å². The summed E-state index contributed by atoms with van der Waals surface area (Å²) in [5.41, 5.74) is 4.37. The standard InChI is InChI=1S/C30H26N2O6/c1-30(2)15-25(28(35)38-32-26(33)22-13-7-8-14-23(22)27(32)34)31(17-30)29(36)37-16-24-20-11-5-3-9-18(20)19-10-4-6-12-21(19)24/h3-14,24-25H,15-17H2,1-2H3/t25-/m0/s1. The molecule has 8 heteroatoms. The van der Waals surface area contributed by atoms with Crippen molar-refractivity contribution in [2.75, 3.05) is 13.2 Å². The van der Waals surface area contributed by atoms with Crippen molar-refractivity contribution in [2.24, 2.45) is 5.41 Å². The second-order valence-electron chi connectivity index (χ2n) is 10.7. The van der Waals surface area contributed by atoms with Crippen LogP contribution in [0.15, 0.2) is 72.8 Å². The number of carbonyl (C=O) groups is 4. The van der Waals surface area contributed by atoms with Gasteiger partial charge in [-0.15, -0.1) is 0 Å². The van der Waals surface area contributed by atoms with E-state index in [2.05, 4.69) is 12.1 Å². The van der Waals surface area contributed by atoms with Crippen molar-refractivity contribution >= 4 is 23.9 Å². The first-order valence-corrected chi connectivity index (χ1v) is 12.6. The summed E-state index contributed by atoms with van der Waals surface area (Å²) in [7, 11) is 0. The summed E-state index contributed by atoms with van der Waals surface area (Å²) in [4.78, 5) is 58.5. The molecular weight excluding hydrogens is 484 g/mol.